The van der Waals surface area contributed by atoms with Gasteiger partial charge >= 0.3 is 6.18 Å². The molecule has 0 atom stereocenters. The van der Waals surface area contributed by atoms with Crippen LogP contribution in [-0.2, 0) is 12.8 Å². The summed E-state index contributed by atoms with van der Waals surface area (Å²) < 4.78 is 43.4. The fourth-order valence-electron chi connectivity index (χ4n) is 1.96. The van der Waals surface area contributed by atoms with Gasteiger partial charge in [0, 0.05) is 5.56 Å². The van der Waals surface area contributed by atoms with Crippen molar-refractivity contribution in [1.82, 2.24) is 0 Å². The summed E-state index contributed by atoms with van der Waals surface area (Å²) >= 11 is 0. The van der Waals surface area contributed by atoms with Crippen molar-refractivity contribution in [3.8, 4) is 5.75 Å². The molecule has 0 aliphatic rings. The minimum atomic E-state index is -4.40. The van der Waals surface area contributed by atoms with Crippen molar-refractivity contribution in [2.24, 2.45) is 5.16 Å². The van der Waals surface area contributed by atoms with E-state index in [9.17, 15) is 18.0 Å². The van der Waals surface area contributed by atoms with Crippen molar-refractivity contribution in [3.05, 3.63) is 65.2 Å². The number of ether oxygens (including phenoxy) is 1. The minimum absolute atomic E-state index is 0.0334. The van der Waals surface area contributed by atoms with Crippen molar-refractivity contribution < 1.29 is 27.9 Å². The fraction of sp³-hybridized carbons (Fsp3) is 0.176. The molecule has 0 fully saturated rings. The predicted octanol–water partition coefficient (Wildman–Crippen LogP) is 4.32. The highest BCUT2D eigenvalue weighted by Crippen LogP contribution is 2.29. The molecule has 2 aromatic carbocycles. The van der Waals surface area contributed by atoms with Crippen molar-refractivity contribution in [1.29, 1.82) is 0 Å². The van der Waals surface area contributed by atoms with Gasteiger partial charge in [-0.05, 0) is 48.9 Å². The first kappa shape index (κ1) is 17.5. The summed E-state index contributed by atoms with van der Waals surface area (Å²) in [5.74, 6) is -0.0236. The molecule has 0 saturated carbocycles. The second-order valence-electron chi connectivity index (χ2n) is 5.03. The van der Waals surface area contributed by atoms with E-state index >= 15 is 0 Å². The smallest absolute Gasteiger partial charge is 0.416 e. The number of oxime groups is 1. The lowest BCUT2D eigenvalue weighted by Gasteiger charge is -2.10. The maximum atomic E-state index is 12.6. The Morgan fingerprint density at radius 3 is 2.42 bits per heavy atom. The second-order valence-corrected chi connectivity index (χ2v) is 5.03. The van der Waals surface area contributed by atoms with Crippen LogP contribution in [0.1, 0.15) is 28.4 Å². The van der Waals surface area contributed by atoms with Crippen molar-refractivity contribution >= 4 is 11.5 Å². The van der Waals surface area contributed by atoms with Gasteiger partial charge < -0.3 is 9.94 Å². The number of nitrogens with zero attached hydrogens (tertiary/aromatic N) is 1. The number of carbonyl (C=O) groups excluding carboxylic acids is 1. The van der Waals surface area contributed by atoms with E-state index in [1.165, 1.54) is 43.3 Å². The zero-order valence-corrected chi connectivity index (χ0v) is 12.7. The number of ketones is 1. The van der Waals surface area contributed by atoms with Crippen LogP contribution in [0.25, 0.3) is 0 Å². The van der Waals surface area contributed by atoms with Crippen molar-refractivity contribution in [3.63, 3.8) is 0 Å². The molecule has 0 radical (unpaired) electrons. The highest BCUT2D eigenvalue weighted by atomic mass is 19.4. The monoisotopic (exact) mass is 337 g/mol. The number of hydrogen-bond donors (Lipinski definition) is 1. The lowest BCUT2D eigenvalue weighted by atomic mass is 10.1. The van der Waals surface area contributed by atoms with Crippen LogP contribution in [0.5, 0.6) is 5.75 Å². The van der Waals surface area contributed by atoms with Crippen LogP contribution in [0.3, 0.4) is 0 Å². The number of benzene rings is 2. The maximum Gasteiger partial charge on any atom is 0.416 e. The molecular formula is C17H14F3NO3. The van der Waals surface area contributed by atoms with Gasteiger partial charge in [-0.1, -0.05) is 17.3 Å². The summed E-state index contributed by atoms with van der Waals surface area (Å²) in [5.41, 5.74) is -0.0825. The Kier molecular flexibility index (Phi) is 5.23. The van der Waals surface area contributed by atoms with Crippen LogP contribution in [0.2, 0.25) is 0 Å². The molecule has 0 spiro atoms. The molecule has 24 heavy (non-hydrogen) atoms. The van der Waals surface area contributed by atoms with E-state index in [2.05, 4.69) is 5.16 Å². The molecule has 0 aromatic heterocycles. The van der Waals surface area contributed by atoms with Gasteiger partial charge in [0.05, 0.1) is 5.56 Å². The van der Waals surface area contributed by atoms with E-state index < -0.39 is 17.5 Å². The third-order valence-corrected chi connectivity index (χ3v) is 3.25. The van der Waals surface area contributed by atoms with Crippen LogP contribution >= 0.6 is 0 Å². The van der Waals surface area contributed by atoms with E-state index in [0.717, 1.165) is 12.1 Å². The molecule has 0 heterocycles. The quantitative estimate of drug-likeness (QED) is 0.383. The number of alkyl halides is 3. The standard InChI is InChI=1S/C17H14F3NO3/c1-11(21-23)16(22)13-5-7-15(8-6-13)24-10-12-3-2-4-14(9-12)17(18,19)20/h2-9,23H,10H2,1H3. The van der Waals surface area contributed by atoms with E-state index in [1.807, 2.05) is 0 Å². The Balaban J connectivity index is 2.04. The highest BCUT2D eigenvalue weighted by molar-refractivity contribution is 6.45. The average Bonchev–Trinajstić information content (AvgIpc) is 2.58. The van der Waals surface area contributed by atoms with Crippen LogP contribution in [0, 0.1) is 0 Å². The Hall–Kier alpha value is -2.83. The van der Waals surface area contributed by atoms with E-state index in [1.54, 1.807) is 0 Å². The van der Waals surface area contributed by atoms with Gasteiger partial charge in [-0.3, -0.25) is 4.79 Å². The predicted molar refractivity (Wildman–Crippen MR) is 81.4 cm³/mol. The van der Waals surface area contributed by atoms with Gasteiger partial charge in [0.15, 0.2) is 0 Å². The Morgan fingerprint density at radius 1 is 1.17 bits per heavy atom. The first-order valence-corrected chi connectivity index (χ1v) is 6.93. The molecule has 2 rings (SSSR count). The van der Waals surface area contributed by atoms with Gasteiger partial charge in [0.2, 0.25) is 5.78 Å². The minimum Gasteiger partial charge on any atom is -0.489 e. The molecule has 4 nitrogen and oxygen atoms in total. The summed E-state index contributed by atoms with van der Waals surface area (Å²) in [6.07, 6.45) is -4.40. The molecular weight excluding hydrogens is 323 g/mol. The van der Waals surface area contributed by atoms with E-state index in [4.69, 9.17) is 9.94 Å². The first-order valence-electron chi connectivity index (χ1n) is 6.93. The largest absolute Gasteiger partial charge is 0.489 e. The zero-order valence-electron chi connectivity index (χ0n) is 12.7. The fourth-order valence-corrected chi connectivity index (χ4v) is 1.96. The molecule has 0 aliphatic carbocycles. The summed E-state index contributed by atoms with van der Waals surface area (Å²) in [4.78, 5) is 11.8. The van der Waals surface area contributed by atoms with Gasteiger partial charge in [0.1, 0.15) is 18.1 Å². The summed E-state index contributed by atoms with van der Waals surface area (Å²) in [5, 5.41) is 11.4. The van der Waals surface area contributed by atoms with Crippen LogP contribution in [0.15, 0.2) is 53.7 Å². The molecule has 0 bridgehead atoms. The van der Waals surface area contributed by atoms with Crippen molar-refractivity contribution in [2.45, 2.75) is 19.7 Å². The maximum absolute atomic E-state index is 12.6. The topological polar surface area (TPSA) is 58.9 Å². The van der Waals surface area contributed by atoms with Gasteiger partial charge in [0.25, 0.3) is 0 Å². The Morgan fingerprint density at radius 2 is 1.83 bits per heavy atom. The lowest BCUT2D eigenvalue weighted by Crippen LogP contribution is -2.10. The number of carbonyl (C=O) groups is 1. The molecule has 0 saturated heterocycles. The van der Waals surface area contributed by atoms with Gasteiger partial charge in [-0.25, -0.2) is 0 Å². The lowest BCUT2D eigenvalue weighted by molar-refractivity contribution is -0.137. The Labute approximate surface area is 136 Å². The van der Waals surface area contributed by atoms with Crippen LogP contribution in [-0.4, -0.2) is 16.7 Å². The van der Waals surface area contributed by atoms with Crippen molar-refractivity contribution in [2.75, 3.05) is 0 Å². The molecule has 0 unspecified atom stereocenters. The highest BCUT2D eigenvalue weighted by Gasteiger charge is 2.30. The average molecular weight is 337 g/mol. The molecule has 1 N–H and O–H groups in total. The molecule has 0 aliphatic heterocycles. The Bertz CT molecular complexity index is 752. The number of hydrogen-bond acceptors (Lipinski definition) is 4. The number of Topliss-reactive ketones (excluding diaryl/α,β-unsaturated/α-hetero) is 1. The number of halogens is 3. The van der Waals surface area contributed by atoms with E-state index in [0.29, 0.717) is 16.9 Å². The summed E-state index contributed by atoms with van der Waals surface area (Å²) in [7, 11) is 0. The molecule has 0 amide bonds. The van der Waals surface area contributed by atoms with Crippen LogP contribution in [0.4, 0.5) is 13.2 Å². The normalized spacial score (nSPS) is 12.1. The van der Waals surface area contributed by atoms with E-state index in [-0.39, 0.29) is 12.3 Å². The first-order chi connectivity index (χ1) is 11.3. The third-order valence-electron chi connectivity index (χ3n) is 3.25. The summed E-state index contributed by atoms with van der Waals surface area (Å²) in [6.45, 7) is 1.34. The summed E-state index contributed by atoms with van der Waals surface area (Å²) in [6, 6.07) is 10.9. The SMILES string of the molecule is CC(=NO)C(=O)c1ccc(OCc2cccc(C(F)(F)F)c2)cc1. The molecule has 7 heteroatoms. The zero-order chi connectivity index (χ0) is 17.7. The molecule has 126 valence electrons. The number of rotatable bonds is 5. The third kappa shape index (κ3) is 4.34. The molecule has 2 aromatic rings. The van der Waals surface area contributed by atoms with Gasteiger partial charge in [-0.2, -0.15) is 13.2 Å². The second kappa shape index (κ2) is 7.16. The van der Waals surface area contributed by atoms with Crippen LogP contribution < -0.4 is 4.74 Å². The van der Waals surface area contributed by atoms with Gasteiger partial charge in [-0.15, -0.1) is 0 Å².